The first-order valence-corrected chi connectivity index (χ1v) is 17.6. The molecular formula is C49H34N2. The van der Waals surface area contributed by atoms with Crippen LogP contribution in [-0.4, -0.2) is 4.57 Å². The molecule has 240 valence electrons. The highest BCUT2D eigenvalue weighted by Gasteiger charge is 2.21. The second-order valence-corrected chi connectivity index (χ2v) is 13.4. The van der Waals surface area contributed by atoms with Crippen molar-refractivity contribution in [3.05, 3.63) is 194 Å². The van der Waals surface area contributed by atoms with Crippen molar-refractivity contribution in [3.63, 3.8) is 0 Å². The average molecular weight is 651 g/mol. The Hall–Kier alpha value is -6.64. The summed E-state index contributed by atoms with van der Waals surface area (Å²) < 4.78 is 2.49. The minimum atomic E-state index is 1.11. The fourth-order valence-electron chi connectivity index (χ4n) is 8.19. The van der Waals surface area contributed by atoms with Crippen molar-refractivity contribution < 1.29 is 0 Å². The standard InChI is InChI=1S/C49H34N2/c1-33-32-45-41-19-9-11-21-43(41)47-44-22-12-13-23-46(44)51(49(47)48(45)42-20-10-8-18-40(33)42)39-30-28-38(29-31-39)50(36-16-6-3-7-17-36)37-26-24-35(25-27-37)34-14-4-2-5-15-34/h2-32H,1H3. The van der Waals surface area contributed by atoms with Gasteiger partial charge >= 0.3 is 0 Å². The summed E-state index contributed by atoms with van der Waals surface area (Å²) in [7, 11) is 0. The molecule has 0 atom stereocenters. The van der Waals surface area contributed by atoms with Crippen LogP contribution in [-0.2, 0) is 0 Å². The van der Waals surface area contributed by atoms with Gasteiger partial charge in [-0.3, -0.25) is 0 Å². The first-order chi connectivity index (χ1) is 25.2. The van der Waals surface area contributed by atoms with E-state index in [1.807, 2.05) is 0 Å². The van der Waals surface area contributed by atoms with Gasteiger partial charge in [0.15, 0.2) is 0 Å². The van der Waals surface area contributed by atoms with Crippen LogP contribution in [0.2, 0.25) is 0 Å². The fourth-order valence-corrected chi connectivity index (χ4v) is 8.19. The molecule has 0 bridgehead atoms. The SMILES string of the molecule is Cc1cc2c3ccccc3c3c4ccccc4n(-c4ccc(N(c5ccccc5)c5ccc(-c6ccccc6)cc5)cc4)c3c2c2ccccc12. The van der Waals surface area contributed by atoms with Gasteiger partial charge in [0.25, 0.3) is 0 Å². The third kappa shape index (κ3) is 4.65. The van der Waals surface area contributed by atoms with Crippen LogP contribution < -0.4 is 4.90 Å². The molecule has 2 heteroatoms. The molecule has 0 spiro atoms. The van der Waals surface area contributed by atoms with E-state index in [-0.39, 0.29) is 0 Å². The molecule has 2 nitrogen and oxygen atoms in total. The minimum absolute atomic E-state index is 1.11. The van der Waals surface area contributed by atoms with Gasteiger partial charge in [-0.1, -0.05) is 133 Å². The highest BCUT2D eigenvalue weighted by Crippen LogP contribution is 2.45. The minimum Gasteiger partial charge on any atom is -0.311 e. The Balaban J connectivity index is 1.21. The van der Waals surface area contributed by atoms with Gasteiger partial charge in [-0.05, 0) is 105 Å². The van der Waals surface area contributed by atoms with Crippen molar-refractivity contribution in [1.82, 2.24) is 4.57 Å². The van der Waals surface area contributed by atoms with E-state index < -0.39 is 0 Å². The van der Waals surface area contributed by atoms with Gasteiger partial charge in [-0.15, -0.1) is 0 Å². The van der Waals surface area contributed by atoms with E-state index in [4.69, 9.17) is 0 Å². The number of benzene rings is 9. The third-order valence-electron chi connectivity index (χ3n) is 10.5. The molecule has 1 heterocycles. The van der Waals surface area contributed by atoms with E-state index >= 15 is 0 Å². The van der Waals surface area contributed by atoms with Gasteiger partial charge in [-0.2, -0.15) is 0 Å². The molecule has 0 saturated carbocycles. The lowest BCUT2D eigenvalue weighted by atomic mass is 9.91. The van der Waals surface area contributed by atoms with Gasteiger partial charge < -0.3 is 9.47 Å². The quantitative estimate of drug-likeness (QED) is 0.168. The molecule has 1 aromatic heterocycles. The third-order valence-corrected chi connectivity index (χ3v) is 10.5. The van der Waals surface area contributed by atoms with Crippen LogP contribution in [0.4, 0.5) is 17.1 Å². The van der Waals surface area contributed by atoms with Crippen molar-refractivity contribution in [2.75, 3.05) is 4.90 Å². The summed E-state index contributed by atoms with van der Waals surface area (Å²) in [5.41, 5.74) is 10.7. The number of hydrogen-bond donors (Lipinski definition) is 0. The molecule has 0 saturated heterocycles. The van der Waals surface area contributed by atoms with Crippen LogP contribution in [0.5, 0.6) is 0 Å². The lowest BCUT2D eigenvalue weighted by Crippen LogP contribution is -2.10. The van der Waals surface area contributed by atoms with E-state index in [1.54, 1.807) is 0 Å². The van der Waals surface area contributed by atoms with Gasteiger partial charge in [0.1, 0.15) is 0 Å². The zero-order valence-electron chi connectivity index (χ0n) is 28.3. The predicted molar refractivity (Wildman–Crippen MR) is 218 cm³/mol. The zero-order chi connectivity index (χ0) is 33.9. The van der Waals surface area contributed by atoms with Crippen molar-refractivity contribution in [2.24, 2.45) is 0 Å². The number of aryl methyl sites for hydroxylation is 1. The van der Waals surface area contributed by atoms with Crippen molar-refractivity contribution in [2.45, 2.75) is 6.92 Å². The molecule has 0 aliphatic carbocycles. The Kier molecular flexibility index (Phi) is 6.75. The summed E-state index contributed by atoms with van der Waals surface area (Å²) in [6, 6.07) is 68.3. The Labute approximate surface area is 297 Å². The first-order valence-electron chi connectivity index (χ1n) is 17.6. The van der Waals surface area contributed by atoms with E-state index in [0.29, 0.717) is 0 Å². The highest BCUT2D eigenvalue weighted by molar-refractivity contribution is 6.36. The maximum atomic E-state index is 2.49. The molecular weight excluding hydrogens is 617 g/mol. The average Bonchev–Trinajstić information content (AvgIpc) is 3.55. The number of fused-ring (bicyclic) bond motifs is 10. The zero-order valence-corrected chi connectivity index (χ0v) is 28.3. The summed E-state index contributed by atoms with van der Waals surface area (Å²) in [6.45, 7) is 2.24. The molecule has 0 aliphatic heterocycles. The number of hydrogen-bond acceptors (Lipinski definition) is 1. The van der Waals surface area contributed by atoms with E-state index in [0.717, 1.165) is 22.7 Å². The van der Waals surface area contributed by atoms with Crippen molar-refractivity contribution in [3.8, 4) is 16.8 Å². The Morgan fingerprint density at radius 2 is 0.843 bits per heavy atom. The van der Waals surface area contributed by atoms with Crippen LogP contribution in [0.25, 0.3) is 70.9 Å². The first kappa shape index (κ1) is 29.3. The van der Waals surface area contributed by atoms with Crippen LogP contribution >= 0.6 is 0 Å². The van der Waals surface area contributed by atoms with Crippen LogP contribution in [0.15, 0.2) is 188 Å². The lowest BCUT2D eigenvalue weighted by molar-refractivity contribution is 1.18. The topological polar surface area (TPSA) is 8.17 Å². The number of anilines is 3. The Bertz CT molecular complexity index is 2890. The number of nitrogens with zero attached hydrogens (tertiary/aromatic N) is 2. The molecule has 0 fully saturated rings. The summed E-state index contributed by atoms with van der Waals surface area (Å²) in [5.74, 6) is 0. The van der Waals surface area contributed by atoms with E-state index in [2.05, 4.69) is 204 Å². The Morgan fingerprint density at radius 1 is 0.373 bits per heavy atom. The lowest BCUT2D eigenvalue weighted by Gasteiger charge is -2.26. The van der Waals surface area contributed by atoms with Gasteiger partial charge in [0.2, 0.25) is 0 Å². The molecule has 0 aliphatic rings. The van der Waals surface area contributed by atoms with Gasteiger partial charge in [-0.25, -0.2) is 0 Å². The fraction of sp³-hybridized carbons (Fsp3) is 0.0204. The molecule has 10 rings (SSSR count). The smallest absolute Gasteiger partial charge is 0.0632 e. The monoisotopic (exact) mass is 650 g/mol. The summed E-state index contributed by atoms with van der Waals surface area (Å²) in [5, 5.41) is 10.3. The molecule has 0 N–H and O–H groups in total. The second-order valence-electron chi connectivity index (χ2n) is 13.4. The Morgan fingerprint density at radius 3 is 1.53 bits per heavy atom. The molecule has 0 unspecified atom stereocenters. The highest BCUT2D eigenvalue weighted by atomic mass is 15.1. The van der Waals surface area contributed by atoms with Gasteiger partial charge in [0.05, 0.1) is 11.0 Å². The van der Waals surface area contributed by atoms with Gasteiger partial charge in [0, 0.05) is 38.9 Å². The van der Waals surface area contributed by atoms with Crippen LogP contribution in [0.1, 0.15) is 5.56 Å². The van der Waals surface area contributed by atoms with Crippen LogP contribution in [0.3, 0.4) is 0 Å². The molecule has 0 radical (unpaired) electrons. The van der Waals surface area contributed by atoms with E-state index in [9.17, 15) is 0 Å². The molecule has 9 aromatic carbocycles. The van der Waals surface area contributed by atoms with Crippen molar-refractivity contribution >= 4 is 71.2 Å². The number of aromatic nitrogens is 1. The summed E-state index contributed by atoms with van der Waals surface area (Å²) in [6.07, 6.45) is 0. The predicted octanol–water partition coefficient (Wildman–Crippen LogP) is 13.7. The maximum Gasteiger partial charge on any atom is 0.0632 e. The normalized spacial score (nSPS) is 11.6. The second kappa shape index (κ2) is 11.8. The van der Waals surface area contributed by atoms with Crippen molar-refractivity contribution in [1.29, 1.82) is 0 Å². The number of para-hydroxylation sites is 2. The summed E-state index contributed by atoms with van der Waals surface area (Å²) in [4.78, 5) is 2.34. The number of rotatable bonds is 5. The maximum absolute atomic E-state index is 2.49. The largest absolute Gasteiger partial charge is 0.311 e. The van der Waals surface area contributed by atoms with E-state index in [1.165, 1.54) is 70.8 Å². The molecule has 51 heavy (non-hydrogen) atoms. The summed E-state index contributed by atoms with van der Waals surface area (Å²) >= 11 is 0. The molecule has 0 amide bonds. The molecule has 10 aromatic rings. The van der Waals surface area contributed by atoms with Crippen LogP contribution in [0, 0.1) is 6.92 Å².